The molecule has 0 radical (unpaired) electrons. The molecule has 1 heterocycles. The van der Waals surface area contributed by atoms with E-state index in [0.29, 0.717) is 30.9 Å². The number of methoxy groups -OCH3 is 1. The van der Waals surface area contributed by atoms with Crippen LogP contribution in [-0.4, -0.2) is 26.6 Å². The van der Waals surface area contributed by atoms with Crippen LogP contribution < -0.4 is 0 Å². The molecule has 5 heteroatoms. The lowest BCUT2D eigenvalue weighted by atomic mass is 9.92. The quantitative estimate of drug-likeness (QED) is 0.402. The highest BCUT2D eigenvalue weighted by atomic mass is 19.2. The molecule has 3 nitrogen and oxygen atoms in total. The smallest absolute Gasteiger partial charge is 0.196 e. The van der Waals surface area contributed by atoms with Crippen LogP contribution in [0.2, 0.25) is 0 Å². The Morgan fingerprint density at radius 3 is 2.39 bits per heavy atom. The zero-order valence-electron chi connectivity index (χ0n) is 19.1. The van der Waals surface area contributed by atoms with E-state index in [4.69, 9.17) is 14.2 Å². The van der Waals surface area contributed by atoms with Crippen molar-refractivity contribution in [2.45, 2.75) is 71.0 Å². The van der Waals surface area contributed by atoms with Crippen LogP contribution in [0.4, 0.5) is 8.78 Å². The van der Waals surface area contributed by atoms with Crippen molar-refractivity contribution in [2.75, 3.05) is 20.3 Å². The second-order valence-electron chi connectivity index (χ2n) is 7.98. The van der Waals surface area contributed by atoms with Gasteiger partial charge in [-0.3, -0.25) is 0 Å². The Balaban J connectivity index is 0.00000107. The molecular weight excluding hydrogens is 398 g/mol. The van der Waals surface area contributed by atoms with Gasteiger partial charge in [0.25, 0.3) is 0 Å². The van der Waals surface area contributed by atoms with Gasteiger partial charge in [-0.05, 0) is 48.8 Å². The number of halogens is 2. The van der Waals surface area contributed by atoms with Crippen LogP contribution in [-0.2, 0) is 20.6 Å². The number of rotatable bonds is 8. The van der Waals surface area contributed by atoms with Gasteiger partial charge in [0, 0.05) is 12.3 Å². The van der Waals surface area contributed by atoms with Crippen LogP contribution in [0.5, 0.6) is 0 Å². The average Bonchev–Trinajstić information content (AvgIpc) is 2.80. The second-order valence-corrected chi connectivity index (χ2v) is 7.98. The Kier molecular flexibility index (Phi) is 11.0. The van der Waals surface area contributed by atoms with E-state index in [2.05, 4.69) is 44.7 Å². The molecule has 1 aromatic rings. The first kappa shape index (κ1) is 25.3. The Bertz CT molecular complexity index is 744. The van der Waals surface area contributed by atoms with Gasteiger partial charge in [0.2, 0.25) is 0 Å². The van der Waals surface area contributed by atoms with E-state index in [0.717, 1.165) is 25.7 Å². The minimum atomic E-state index is -0.909. The van der Waals surface area contributed by atoms with Gasteiger partial charge < -0.3 is 14.2 Å². The highest BCUT2D eigenvalue weighted by molar-refractivity contribution is 5.32. The number of aryl methyl sites for hydroxylation is 1. The van der Waals surface area contributed by atoms with Crippen LogP contribution in [0.3, 0.4) is 0 Å². The van der Waals surface area contributed by atoms with E-state index in [-0.39, 0.29) is 18.7 Å². The van der Waals surface area contributed by atoms with Crippen molar-refractivity contribution in [3.8, 4) is 0 Å². The van der Waals surface area contributed by atoms with Crippen LogP contribution in [0.1, 0.15) is 69.4 Å². The van der Waals surface area contributed by atoms with E-state index in [1.54, 1.807) is 0 Å². The molecule has 1 saturated heterocycles. The highest BCUT2D eigenvalue weighted by Crippen LogP contribution is 2.34. The molecule has 0 bridgehead atoms. The second kappa shape index (κ2) is 13.4. The lowest BCUT2D eigenvalue weighted by Crippen LogP contribution is -2.28. The minimum absolute atomic E-state index is 0.0452. The largest absolute Gasteiger partial charge is 0.498 e. The molecule has 172 valence electrons. The number of ether oxygens (including phenoxy) is 3. The molecule has 0 saturated carbocycles. The van der Waals surface area contributed by atoms with Crippen molar-refractivity contribution >= 4 is 0 Å². The Morgan fingerprint density at radius 1 is 1.10 bits per heavy atom. The van der Waals surface area contributed by atoms with E-state index in [1.807, 2.05) is 6.08 Å². The molecule has 3 rings (SSSR count). The molecule has 0 aromatic heterocycles. The highest BCUT2D eigenvalue weighted by Gasteiger charge is 2.26. The van der Waals surface area contributed by atoms with Gasteiger partial charge in [-0.15, -0.1) is 6.58 Å². The zero-order valence-corrected chi connectivity index (χ0v) is 19.1. The number of hydrogen-bond acceptors (Lipinski definition) is 3. The van der Waals surface area contributed by atoms with E-state index in [9.17, 15) is 8.78 Å². The average molecular weight is 435 g/mol. The molecule has 2 atom stereocenters. The molecule has 1 aliphatic carbocycles. The van der Waals surface area contributed by atoms with Crippen molar-refractivity contribution in [2.24, 2.45) is 0 Å². The Morgan fingerprint density at radius 2 is 1.81 bits per heavy atom. The summed E-state index contributed by atoms with van der Waals surface area (Å²) in [5.41, 5.74) is 2.91. The summed E-state index contributed by atoms with van der Waals surface area (Å²) >= 11 is 0. The molecule has 31 heavy (non-hydrogen) atoms. The van der Waals surface area contributed by atoms with Crippen LogP contribution in [0, 0.1) is 0 Å². The van der Waals surface area contributed by atoms with Crippen LogP contribution in [0.15, 0.2) is 59.9 Å². The van der Waals surface area contributed by atoms with Gasteiger partial charge >= 0.3 is 0 Å². The fourth-order valence-electron chi connectivity index (χ4n) is 3.63. The summed E-state index contributed by atoms with van der Waals surface area (Å²) in [6.07, 6.45) is 7.22. The fourth-order valence-corrected chi connectivity index (χ4v) is 3.63. The number of benzene rings is 1. The van der Waals surface area contributed by atoms with Crippen molar-refractivity contribution in [3.05, 3.63) is 71.0 Å². The normalized spacial score (nSPS) is 21.5. The number of hydrogen-bond donors (Lipinski definition) is 0. The predicted molar refractivity (Wildman–Crippen MR) is 121 cm³/mol. The molecule has 1 aliphatic heterocycles. The lowest BCUT2D eigenvalue weighted by Gasteiger charge is -2.30. The van der Waals surface area contributed by atoms with Crippen LogP contribution in [0.25, 0.3) is 0 Å². The molecule has 1 fully saturated rings. The molecule has 1 aromatic carbocycles. The molecule has 2 unspecified atom stereocenters. The van der Waals surface area contributed by atoms with Gasteiger partial charge in [-0.1, -0.05) is 50.6 Å². The maximum atomic E-state index is 14.1. The third-order valence-corrected chi connectivity index (χ3v) is 5.41. The molecular formula is C26H36F2O3. The fraction of sp³-hybridized carbons (Fsp3) is 0.538. The summed E-state index contributed by atoms with van der Waals surface area (Å²) in [6.45, 7) is 8.62. The summed E-state index contributed by atoms with van der Waals surface area (Å²) in [4.78, 5) is 0. The van der Waals surface area contributed by atoms with Gasteiger partial charge in [0.1, 0.15) is 5.76 Å². The first-order valence-corrected chi connectivity index (χ1v) is 11.3. The van der Waals surface area contributed by atoms with Crippen molar-refractivity contribution < 1.29 is 23.0 Å². The monoisotopic (exact) mass is 434 g/mol. The minimum Gasteiger partial charge on any atom is -0.498 e. The van der Waals surface area contributed by atoms with Gasteiger partial charge in [-0.25, -0.2) is 8.78 Å². The molecule has 0 amide bonds. The standard InChI is InChI=1S/C23H28F2O3.C3H8/c1-3-4-5-16-6-8-17(9-7-16)18-11-13-21(27-14-18)28-15-19-10-12-20(26-2)23(25)22(19)24;1-3-2/h3,6-9,18,21H,1,4-5,10-15H2,2H3;3H2,1-2H3. The molecule has 2 aliphatic rings. The maximum absolute atomic E-state index is 14.1. The van der Waals surface area contributed by atoms with Crippen molar-refractivity contribution in [1.29, 1.82) is 0 Å². The van der Waals surface area contributed by atoms with E-state index >= 15 is 0 Å². The van der Waals surface area contributed by atoms with Gasteiger partial charge in [-0.2, -0.15) is 0 Å². The Hall–Kier alpha value is -1.98. The molecule has 0 N–H and O–H groups in total. The van der Waals surface area contributed by atoms with E-state index < -0.39 is 11.7 Å². The SMILES string of the molecule is C=CCCc1ccc(C2CCC(OCC3=C(F)C(F)=C(OC)CC3)OC2)cc1.CCC. The van der Waals surface area contributed by atoms with Crippen LogP contribution >= 0.6 is 0 Å². The van der Waals surface area contributed by atoms with Crippen molar-refractivity contribution in [3.63, 3.8) is 0 Å². The summed E-state index contributed by atoms with van der Waals surface area (Å²) in [6, 6.07) is 8.66. The first-order chi connectivity index (χ1) is 15.0. The zero-order chi connectivity index (χ0) is 22.6. The lowest BCUT2D eigenvalue weighted by molar-refractivity contribution is -0.162. The summed E-state index contributed by atoms with van der Waals surface area (Å²) in [7, 11) is 1.35. The third kappa shape index (κ3) is 7.58. The van der Waals surface area contributed by atoms with Gasteiger partial charge in [0.05, 0.1) is 20.3 Å². The van der Waals surface area contributed by atoms with Crippen molar-refractivity contribution in [1.82, 2.24) is 0 Å². The number of allylic oxidation sites excluding steroid dienone is 4. The summed E-state index contributed by atoms with van der Waals surface area (Å²) in [5.74, 6) is -1.36. The maximum Gasteiger partial charge on any atom is 0.196 e. The van der Waals surface area contributed by atoms with Gasteiger partial charge in [0.15, 0.2) is 17.9 Å². The summed E-state index contributed by atoms with van der Waals surface area (Å²) < 4.78 is 44.3. The molecule has 0 spiro atoms. The van der Waals surface area contributed by atoms with E-state index in [1.165, 1.54) is 24.7 Å². The summed E-state index contributed by atoms with van der Waals surface area (Å²) in [5, 5.41) is 0. The Labute approximate surface area is 185 Å². The predicted octanol–water partition coefficient (Wildman–Crippen LogP) is 7.30. The first-order valence-electron chi connectivity index (χ1n) is 11.3. The third-order valence-electron chi connectivity index (χ3n) is 5.41. The topological polar surface area (TPSA) is 27.7 Å².